The van der Waals surface area contributed by atoms with Crippen LogP contribution >= 0.6 is 0 Å². The Balaban J connectivity index is 1.78. The Labute approximate surface area is 118 Å². The van der Waals surface area contributed by atoms with Gasteiger partial charge in [-0.1, -0.05) is 0 Å². The summed E-state index contributed by atoms with van der Waals surface area (Å²) in [5.74, 6) is 0.935. The van der Waals surface area contributed by atoms with Crippen LogP contribution in [0.1, 0.15) is 12.5 Å². The highest BCUT2D eigenvalue weighted by Crippen LogP contribution is 2.22. The first-order valence-electron chi connectivity index (χ1n) is 6.95. The van der Waals surface area contributed by atoms with Crippen LogP contribution in [0, 0.1) is 0 Å². The molecule has 0 aliphatic heterocycles. The van der Waals surface area contributed by atoms with Gasteiger partial charge in [0, 0.05) is 36.9 Å². The molecule has 0 saturated heterocycles. The van der Waals surface area contributed by atoms with E-state index in [1.54, 1.807) is 0 Å². The number of fused-ring (bicyclic) bond motifs is 1. The molecule has 4 nitrogen and oxygen atoms in total. The number of aromatic nitrogens is 3. The summed E-state index contributed by atoms with van der Waals surface area (Å²) in [5, 5.41) is 5.43. The summed E-state index contributed by atoms with van der Waals surface area (Å²) >= 11 is 0. The van der Waals surface area contributed by atoms with E-state index >= 15 is 0 Å². The van der Waals surface area contributed by atoms with Gasteiger partial charge < -0.3 is 9.30 Å². The highest BCUT2D eigenvalue weighted by molar-refractivity contribution is 5.81. The van der Waals surface area contributed by atoms with Gasteiger partial charge in [-0.15, -0.1) is 0 Å². The van der Waals surface area contributed by atoms with Gasteiger partial charge in [0.25, 0.3) is 0 Å². The van der Waals surface area contributed by atoms with Crippen molar-refractivity contribution in [2.24, 2.45) is 7.05 Å². The van der Waals surface area contributed by atoms with Gasteiger partial charge in [0.1, 0.15) is 5.75 Å². The van der Waals surface area contributed by atoms with E-state index in [1.807, 2.05) is 30.9 Å². The fourth-order valence-electron chi connectivity index (χ4n) is 2.48. The van der Waals surface area contributed by atoms with Gasteiger partial charge in [-0.05, 0) is 43.2 Å². The third-order valence-electron chi connectivity index (χ3n) is 3.45. The van der Waals surface area contributed by atoms with E-state index in [2.05, 4.69) is 40.3 Å². The summed E-state index contributed by atoms with van der Waals surface area (Å²) in [7, 11) is 1.95. The van der Waals surface area contributed by atoms with Crippen LogP contribution in [-0.4, -0.2) is 21.0 Å². The van der Waals surface area contributed by atoms with E-state index < -0.39 is 0 Å². The summed E-state index contributed by atoms with van der Waals surface area (Å²) in [6, 6.07) is 8.40. The summed E-state index contributed by atoms with van der Waals surface area (Å²) in [6.45, 7) is 3.67. The number of hydrogen-bond donors (Lipinski definition) is 0. The standard InChI is InChI=1S/C16H19N3O/c1-3-20-15-4-5-16-14(10-15)7-9-19(16)8-6-13-11-17-18(2)12-13/h4-5,7,9-12H,3,6,8H2,1-2H3. The predicted octanol–water partition coefficient (Wildman–Crippen LogP) is 3.02. The Kier molecular flexibility index (Phi) is 3.46. The lowest BCUT2D eigenvalue weighted by atomic mass is 10.2. The molecule has 2 heterocycles. The van der Waals surface area contributed by atoms with Gasteiger partial charge in [-0.25, -0.2) is 0 Å². The minimum atomic E-state index is 0.702. The van der Waals surface area contributed by atoms with Crippen LogP contribution in [-0.2, 0) is 20.0 Å². The number of benzene rings is 1. The molecule has 0 saturated carbocycles. The number of ether oxygens (including phenoxy) is 1. The maximum absolute atomic E-state index is 5.53. The molecule has 0 aliphatic rings. The highest BCUT2D eigenvalue weighted by Gasteiger charge is 2.04. The first-order valence-corrected chi connectivity index (χ1v) is 6.95. The molecule has 20 heavy (non-hydrogen) atoms. The smallest absolute Gasteiger partial charge is 0.120 e. The third kappa shape index (κ3) is 2.54. The molecule has 0 bridgehead atoms. The number of rotatable bonds is 5. The molecule has 2 aromatic heterocycles. The molecule has 104 valence electrons. The molecule has 0 aliphatic carbocycles. The summed E-state index contributed by atoms with van der Waals surface area (Å²) in [4.78, 5) is 0. The molecule has 0 radical (unpaired) electrons. The topological polar surface area (TPSA) is 32.0 Å². The molecule has 0 fully saturated rings. The fraction of sp³-hybridized carbons (Fsp3) is 0.312. The first-order chi connectivity index (χ1) is 9.76. The van der Waals surface area contributed by atoms with Gasteiger partial charge in [0.15, 0.2) is 0 Å². The molecule has 4 heteroatoms. The molecule has 0 atom stereocenters. The molecule has 0 spiro atoms. The van der Waals surface area contributed by atoms with Crippen LogP contribution in [0.3, 0.4) is 0 Å². The Bertz CT molecular complexity index is 711. The largest absolute Gasteiger partial charge is 0.494 e. The summed E-state index contributed by atoms with van der Waals surface area (Å²) < 4.78 is 9.66. The van der Waals surface area contributed by atoms with Crippen molar-refractivity contribution in [3.05, 3.63) is 48.4 Å². The molecular formula is C16H19N3O. The lowest BCUT2D eigenvalue weighted by Gasteiger charge is -2.06. The van der Waals surface area contributed by atoms with Crippen molar-refractivity contribution in [2.45, 2.75) is 19.9 Å². The van der Waals surface area contributed by atoms with Crippen LogP contribution in [0.5, 0.6) is 5.75 Å². The van der Waals surface area contributed by atoms with E-state index in [-0.39, 0.29) is 0 Å². The van der Waals surface area contributed by atoms with Crippen molar-refractivity contribution in [3.8, 4) is 5.75 Å². The summed E-state index contributed by atoms with van der Waals surface area (Å²) in [5.41, 5.74) is 2.51. The molecule has 0 N–H and O–H groups in total. The molecule has 3 rings (SSSR count). The molecular weight excluding hydrogens is 250 g/mol. The van der Waals surface area contributed by atoms with Crippen LogP contribution in [0.4, 0.5) is 0 Å². The summed E-state index contributed by atoms with van der Waals surface area (Å²) in [6.07, 6.45) is 7.12. The second-order valence-corrected chi connectivity index (χ2v) is 4.94. The van der Waals surface area contributed by atoms with Crippen molar-refractivity contribution in [1.29, 1.82) is 0 Å². The zero-order chi connectivity index (χ0) is 13.9. The van der Waals surface area contributed by atoms with Gasteiger partial charge in [-0.2, -0.15) is 5.10 Å². The third-order valence-corrected chi connectivity index (χ3v) is 3.45. The normalized spacial score (nSPS) is 11.1. The van der Waals surface area contributed by atoms with Crippen LogP contribution in [0.15, 0.2) is 42.9 Å². The van der Waals surface area contributed by atoms with E-state index in [0.717, 1.165) is 18.7 Å². The maximum atomic E-state index is 5.53. The van der Waals surface area contributed by atoms with Gasteiger partial charge in [0.05, 0.1) is 12.8 Å². The van der Waals surface area contributed by atoms with Crippen molar-refractivity contribution >= 4 is 10.9 Å². The Morgan fingerprint density at radius 3 is 2.90 bits per heavy atom. The number of hydrogen-bond acceptors (Lipinski definition) is 2. The average Bonchev–Trinajstić information content (AvgIpc) is 3.03. The lowest BCUT2D eigenvalue weighted by Crippen LogP contribution is -1.99. The van der Waals surface area contributed by atoms with E-state index in [0.29, 0.717) is 6.61 Å². The molecule has 1 aromatic carbocycles. The minimum absolute atomic E-state index is 0.702. The highest BCUT2D eigenvalue weighted by atomic mass is 16.5. The molecule has 0 unspecified atom stereocenters. The quantitative estimate of drug-likeness (QED) is 0.713. The second-order valence-electron chi connectivity index (χ2n) is 4.94. The Morgan fingerprint density at radius 1 is 1.25 bits per heavy atom. The van der Waals surface area contributed by atoms with Gasteiger partial charge >= 0.3 is 0 Å². The van der Waals surface area contributed by atoms with Crippen molar-refractivity contribution < 1.29 is 4.74 Å². The van der Waals surface area contributed by atoms with E-state index in [4.69, 9.17) is 4.74 Å². The van der Waals surface area contributed by atoms with Crippen molar-refractivity contribution in [2.75, 3.05) is 6.61 Å². The monoisotopic (exact) mass is 269 g/mol. The van der Waals surface area contributed by atoms with Crippen molar-refractivity contribution in [1.82, 2.24) is 14.3 Å². The lowest BCUT2D eigenvalue weighted by molar-refractivity contribution is 0.340. The van der Waals surface area contributed by atoms with Gasteiger partial charge in [0.2, 0.25) is 0 Å². The average molecular weight is 269 g/mol. The van der Waals surface area contributed by atoms with Gasteiger partial charge in [-0.3, -0.25) is 4.68 Å². The fourth-order valence-corrected chi connectivity index (χ4v) is 2.48. The van der Waals surface area contributed by atoms with Crippen molar-refractivity contribution in [3.63, 3.8) is 0 Å². The van der Waals surface area contributed by atoms with Crippen LogP contribution in [0.2, 0.25) is 0 Å². The Hall–Kier alpha value is -2.23. The van der Waals surface area contributed by atoms with E-state index in [9.17, 15) is 0 Å². The minimum Gasteiger partial charge on any atom is -0.494 e. The zero-order valence-corrected chi connectivity index (χ0v) is 11.9. The molecule has 0 amide bonds. The second kappa shape index (κ2) is 5.41. The maximum Gasteiger partial charge on any atom is 0.120 e. The number of aryl methyl sites for hydroxylation is 3. The van der Waals surface area contributed by atoms with Crippen LogP contribution in [0.25, 0.3) is 10.9 Å². The first kappa shape index (κ1) is 12.8. The SMILES string of the molecule is CCOc1ccc2c(ccn2CCc2cnn(C)c2)c1. The Morgan fingerprint density at radius 2 is 2.15 bits per heavy atom. The predicted molar refractivity (Wildman–Crippen MR) is 80.0 cm³/mol. The van der Waals surface area contributed by atoms with E-state index in [1.165, 1.54) is 16.5 Å². The zero-order valence-electron chi connectivity index (χ0n) is 11.9. The molecule has 3 aromatic rings. The number of nitrogens with zero attached hydrogens (tertiary/aromatic N) is 3. The van der Waals surface area contributed by atoms with Crippen LogP contribution < -0.4 is 4.74 Å².